The second-order valence-corrected chi connectivity index (χ2v) is 5.87. The maximum absolute atomic E-state index is 13.1. The van der Waals surface area contributed by atoms with E-state index < -0.39 is 17.3 Å². The summed E-state index contributed by atoms with van der Waals surface area (Å²) >= 11 is 3.17. The highest BCUT2D eigenvalue weighted by Crippen LogP contribution is 2.32. The predicted molar refractivity (Wildman–Crippen MR) is 78.2 cm³/mol. The van der Waals surface area contributed by atoms with E-state index in [9.17, 15) is 14.0 Å². The van der Waals surface area contributed by atoms with Gasteiger partial charge in [-0.3, -0.25) is 9.59 Å². The zero-order valence-corrected chi connectivity index (χ0v) is 13.2. The van der Waals surface area contributed by atoms with E-state index in [1.165, 1.54) is 30.2 Å². The molecule has 5 nitrogen and oxygen atoms in total. The SMILES string of the molecule is COCC1(C(N)=O)CCCN1C(=O)c1ccc(F)cc1Br. The number of nitrogens with zero attached hydrogens (tertiary/aromatic N) is 1. The number of likely N-dealkylation sites (tertiary alicyclic amines) is 1. The highest BCUT2D eigenvalue weighted by atomic mass is 79.9. The number of primary amides is 1. The normalized spacial score (nSPS) is 21.6. The first kappa shape index (κ1) is 15.9. The van der Waals surface area contributed by atoms with Gasteiger partial charge >= 0.3 is 0 Å². The lowest BCUT2D eigenvalue weighted by Crippen LogP contribution is -2.58. The summed E-state index contributed by atoms with van der Waals surface area (Å²) in [6.07, 6.45) is 1.12. The third-order valence-electron chi connectivity index (χ3n) is 3.74. The Balaban J connectivity index is 2.39. The van der Waals surface area contributed by atoms with Crippen molar-refractivity contribution in [3.05, 3.63) is 34.1 Å². The van der Waals surface area contributed by atoms with E-state index in [4.69, 9.17) is 10.5 Å². The van der Waals surface area contributed by atoms with Crippen LogP contribution in [0.25, 0.3) is 0 Å². The molecule has 2 rings (SSSR count). The molecule has 1 aromatic carbocycles. The number of hydrogen-bond donors (Lipinski definition) is 1. The van der Waals surface area contributed by atoms with E-state index in [0.717, 1.165) is 0 Å². The van der Waals surface area contributed by atoms with Crippen molar-refractivity contribution >= 4 is 27.7 Å². The van der Waals surface area contributed by atoms with E-state index in [1.54, 1.807) is 0 Å². The Morgan fingerprint density at radius 2 is 2.24 bits per heavy atom. The summed E-state index contributed by atoms with van der Waals surface area (Å²) in [5.74, 6) is -1.40. The first-order valence-corrected chi connectivity index (χ1v) is 7.27. The number of amides is 2. The number of ether oxygens (including phenoxy) is 1. The quantitative estimate of drug-likeness (QED) is 0.889. The summed E-state index contributed by atoms with van der Waals surface area (Å²) in [4.78, 5) is 26.0. The number of benzene rings is 1. The molecule has 0 aromatic heterocycles. The molecule has 1 aliphatic rings. The van der Waals surface area contributed by atoms with Crippen molar-refractivity contribution in [1.29, 1.82) is 0 Å². The van der Waals surface area contributed by atoms with Crippen LogP contribution >= 0.6 is 15.9 Å². The third-order valence-corrected chi connectivity index (χ3v) is 4.39. The summed E-state index contributed by atoms with van der Waals surface area (Å²) in [6, 6.07) is 3.81. The zero-order chi connectivity index (χ0) is 15.6. The molecule has 1 aromatic rings. The number of hydrogen-bond acceptors (Lipinski definition) is 3. The summed E-state index contributed by atoms with van der Waals surface area (Å²) in [6.45, 7) is 0.460. The van der Waals surface area contributed by atoms with E-state index in [0.29, 0.717) is 29.4 Å². The van der Waals surface area contributed by atoms with Crippen LogP contribution in [0.2, 0.25) is 0 Å². The van der Waals surface area contributed by atoms with Gasteiger partial charge in [-0.05, 0) is 47.0 Å². The van der Waals surface area contributed by atoms with Gasteiger partial charge in [0.05, 0.1) is 12.2 Å². The monoisotopic (exact) mass is 358 g/mol. The molecule has 0 aliphatic carbocycles. The minimum absolute atomic E-state index is 0.0485. The molecule has 1 fully saturated rings. The first-order chi connectivity index (χ1) is 9.92. The molecule has 0 bridgehead atoms. The Labute approximate surface area is 130 Å². The second-order valence-electron chi connectivity index (χ2n) is 5.01. The van der Waals surface area contributed by atoms with Gasteiger partial charge in [0.1, 0.15) is 11.4 Å². The third kappa shape index (κ3) is 2.80. The molecule has 114 valence electrons. The van der Waals surface area contributed by atoms with Crippen molar-refractivity contribution in [2.24, 2.45) is 5.73 Å². The number of nitrogens with two attached hydrogens (primary N) is 1. The molecular weight excluding hydrogens is 343 g/mol. The molecule has 1 heterocycles. The van der Waals surface area contributed by atoms with Gasteiger partial charge in [0.25, 0.3) is 5.91 Å². The minimum Gasteiger partial charge on any atom is -0.382 e. The number of methoxy groups -OCH3 is 1. The fourth-order valence-electron chi connectivity index (χ4n) is 2.70. The maximum atomic E-state index is 13.1. The van der Waals surface area contributed by atoms with Gasteiger partial charge in [-0.1, -0.05) is 0 Å². The predicted octanol–water partition coefficient (Wildman–Crippen LogP) is 1.69. The van der Waals surface area contributed by atoms with Gasteiger partial charge in [-0.25, -0.2) is 4.39 Å². The fraction of sp³-hybridized carbons (Fsp3) is 0.429. The van der Waals surface area contributed by atoms with Crippen LogP contribution in [0.1, 0.15) is 23.2 Å². The molecular formula is C14H16BrFN2O3. The molecule has 0 radical (unpaired) electrons. The van der Waals surface area contributed by atoms with Crippen LogP contribution in [0.15, 0.2) is 22.7 Å². The summed E-state index contributed by atoms with van der Waals surface area (Å²) in [5, 5.41) is 0. The van der Waals surface area contributed by atoms with Gasteiger partial charge in [0.2, 0.25) is 5.91 Å². The van der Waals surface area contributed by atoms with Crippen molar-refractivity contribution in [3.8, 4) is 0 Å². The van der Waals surface area contributed by atoms with Crippen LogP contribution in [0.4, 0.5) is 4.39 Å². The first-order valence-electron chi connectivity index (χ1n) is 6.48. The fourth-order valence-corrected chi connectivity index (χ4v) is 3.22. The standard InChI is InChI=1S/C14H16BrFN2O3/c1-21-8-14(13(17)20)5-2-6-18(14)12(19)10-4-3-9(16)7-11(10)15/h3-4,7H,2,5-6,8H2,1H3,(H2,17,20). The largest absolute Gasteiger partial charge is 0.382 e. The van der Waals surface area contributed by atoms with Gasteiger partial charge in [0, 0.05) is 18.1 Å². The van der Waals surface area contributed by atoms with E-state index in [-0.39, 0.29) is 12.5 Å². The van der Waals surface area contributed by atoms with Crippen molar-refractivity contribution in [3.63, 3.8) is 0 Å². The van der Waals surface area contributed by atoms with Crippen molar-refractivity contribution < 1.29 is 18.7 Å². The lowest BCUT2D eigenvalue weighted by atomic mass is 9.95. The van der Waals surface area contributed by atoms with Crippen molar-refractivity contribution in [2.75, 3.05) is 20.3 Å². The highest BCUT2D eigenvalue weighted by molar-refractivity contribution is 9.10. The summed E-state index contributed by atoms with van der Waals surface area (Å²) in [5.41, 5.74) is 4.66. The Kier molecular flexibility index (Phi) is 4.63. The smallest absolute Gasteiger partial charge is 0.255 e. The Morgan fingerprint density at radius 3 is 2.81 bits per heavy atom. The molecule has 7 heteroatoms. The molecule has 2 amide bonds. The van der Waals surface area contributed by atoms with Crippen molar-refractivity contribution in [1.82, 2.24) is 4.90 Å². The molecule has 1 saturated heterocycles. The molecule has 21 heavy (non-hydrogen) atoms. The topological polar surface area (TPSA) is 72.6 Å². The molecule has 2 N–H and O–H groups in total. The van der Waals surface area contributed by atoms with Gasteiger partial charge in [0.15, 0.2) is 0 Å². The van der Waals surface area contributed by atoms with Crippen LogP contribution in [-0.4, -0.2) is 42.5 Å². The Bertz CT molecular complexity index is 581. The van der Waals surface area contributed by atoms with E-state index >= 15 is 0 Å². The number of halogens is 2. The number of carbonyl (C=O) groups excluding carboxylic acids is 2. The lowest BCUT2D eigenvalue weighted by Gasteiger charge is -2.35. The van der Waals surface area contributed by atoms with Crippen LogP contribution in [0.5, 0.6) is 0 Å². The van der Waals surface area contributed by atoms with E-state index in [1.807, 2.05) is 0 Å². The van der Waals surface area contributed by atoms with Gasteiger partial charge < -0.3 is 15.4 Å². The minimum atomic E-state index is -1.14. The number of rotatable bonds is 4. The second kappa shape index (κ2) is 6.11. The molecule has 0 spiro atoms. The Morgan fingerprint density at radius 1 is 1.52 bits per heavy atom. The van der Waals surface area contributed by atoms with Crippen LogP contribution in [0, 0.1) is 5.82 Å². The van der Waals surface area contributed by atoms with Crippen LogP contribution in [0.3, 0.4) is 0 Å². The average Bonchev–Trinajstić information content (AvgIpc) is 2.83. The molecule has 1 aliphatic heterocycles. The molecule has 0 saturated carbocycles. The van der Waals surface area contributed by atoms with E-state index in [2.05, 4.69) is 15.9 Å². The average molecular weight is 359 g/mol. The molecule has 1 unspecified atom stereocenters. The van der Waals surface area contributed by atoms with Gasteiger partial charge in [-0.15, -0.1) is 0 Å². The number of carbonyl (C=O) groups is 2. The summed E-state index contributed by atoms with van der Waals surface area (Å²) < 4.78 is 18.6. The highest BCUT2D eigenvalue weighted by Gasteiger charge is 2.49. The summed E-state index contributed by atoms with van der Waals surface area (Å²) in [7, 11) is 1.46. The molecule has 1 atom stereocenters. The Hall–Kier alpha value is -1.47. The maximum Gasteiger partial charge on any atom is 0.255 e. The van der Waals surface area contributed by atoms with Gasteiger partial charge in [-0.2, -0.15) is 0 Å². The van der Waals surface area contributed by atoms with Crippen molar-refractivity contribution in [2.45, 2.75) is 18.4 Å². The van der Waals surface area contributed by atoms with Crippen LogP contribution in [-0.2, 0) is 9.53 Å². The lowest BCUT2D eigenvalue weighted by molar-refractivity contribution is -0.130. The zero-order valence-electron chi connectivity index (χ0n) is 11.6. The van der Waals surface area contributed by atoms with Crippen LogP contribution < -0.4 is 5.73 Å².